The van der Waals surface area contributed by atoms with Gasteiger partial charge in [-0.05, 0) is 19.8 Å². The Bertz CT molecular complexity index is 426. The lowest BCUT2D eigenvalue weighted by Crippen LogP contribution is -2.34. The highest BCUT2D eigenvalue weighted by molar-refractivity contribution is 5.97. The van der Waals surface area contributed by atoms with E-state index >= 15 is 0 Å². The lowest BCUT2D eigenvalue weighted by atomic mass is 10.2. The molecular formula is C12H20N4O2. The number of amides is 1. The largest absolute Gasteiger partial charge is 0.395 e. The van der Waals surface area contributed by atoms with Crippen molar-refractivity contribution in [3.63, 3.8) is 0 Å². The smallest absolute Gasteiger partial charge is 0.276 e. The van der Waals surface area contributed by atoms with Crippen LogP contribution in [-0.2, 0) is 4.74 Å². The van der Waals surface area contributed by atoms with Crippen molar-refractivity contribution in [3.05, 3.63) is 11.4 Å². The Morgan fingerprint density at radius 2 is 2.33 bits per heavy atom. The predicted octanol–water partition coefficient (Wildman–Crippen LogP) is 0.978. The first kappa shape index (κ1) is 12.9. The number of methoxy groups -OCH3 is 1. The van der Waals surface area contributed by atoms with Gasteiger partial charge in [-0.2, -0.15) is 5.10 Å². The van der Waals surface area contributed by atoms with Gasteiger partial charge >= 0.3 is 0 Å². The second-order valence-corrected chi connectivity index (χ2v) is 4.55. The maximum atomic E-state index is 12.3. The molecule has 6 nitrogen and oxygen atoms in total. The topological polar surface area (TPSA) is 84.2 Å². The summed E-state index contributed by atoms with van der Waals surface area (Å²) >= 11 is 0. The van der Waals surface area contributed by atoms with Crippen LogP contribution in [0.4, 0.5) is 5.69 Å². The number of aromatic amines is 1. The Kier molecular flexibility index (Phi) is 3.86. The molecule has 18 heavy (non-hydrogen) atoms. The Morgan fingerprint density at radius 1 is 1.61 bits per heavy atom. The van der Waals surface area contributed by atoms with E-state index in [0.29, 0.717) is 37.0 Å². The molecule has 1 amide bonds. The number of aromatic nitrogens is 2. The van der Waals surface area contributed by atoms with E-state index in [1.54, 1.807) is 12.0 Å². The number of hydrogen-bond acceptors (Lipinski definition) is 4. The van der Waals surface area contributed by atoms with Crippen LogP contribution in [0.3, 0.4) is 0 Å². The van der Waals surface area contributed by atoms with Gasteiger partial charge in [-0.3, -0.25) is 9.89 Å². The number of anilines is 1. The number of carbonyl (C=O) groups is 1. The van der Waals surface area contributed by atoms with Gasteiger partial charge in [0.2, 0.25) is 0 Å². The summed E-state index contributed by atoms with van der Waals surface area (Å²) in [5.74, 6) is 0.336. The number of hydrogen-bond donors (Lipinski definition) is 2. The standard InChI is InChI=1S/C12H20N4O2/c1-3-16(6-7-18-2)12(17)11-9(13)10(14-15-11)8-4-5-8/h8H,3-7,13H2,1-2H3,(H,14,15). The van der Waals surface area contributed by atoms with Crippen LogP contribution in [-0.4, -0.2) is 47.8 Å². The fraction of sp³-hybridized carbons (Fsp3) is 0.667. The van der Waals surface area contributed by atoms with Crippen molar-refractivity contribution in [1.29, 1.82) is 0 Å². The average Bonchev–Trinajstić information content (AvgIpc) is 3.13. The van der Waals surface area contributed by atoms with Gasteiger partial charge in [0, 0.05) is 26.1 Å². The number of nitrogens with two attached hydrogens (primary N) is 1. The van der Waals surface area contributed by atoms with Crippen LogP contribution < -0.4 is 5.73 Å². The van der Waals surface area contributed by atoms with Crippen molar-refractivity contribution in [2.24, 2.45) is 0 Å². The normalized spacial score (nSPS) is 14.8. The Balaban J connectivity index is 2.11. The Morgan fingerprint density at radius 3 is 2.89 bits per heavy atom. The number of H-pyrrole nitrogens is 1. The molecule has 1 aliphatic rings. The molecule has 1 aromatic rings. The SMILES string of the molecule is CCN(CCOC)C(=O)c1n[nH]c(C2CC2)c1N. The third-order valence-corrected chi connectivity index (χ3v) is 3.26. The van der Waals surface area contributed by atoms with Crippen LogP contribution >= 0.6 is 0 Å². The summed E-state index contributed by atoms with van der Waals surface area (Å²) < 4.78 is 4.99. The molecule has 0 spiro atoms. The minimum absolute atomic E-state index is 0.129. The van der Waals surface area contributed by atoms with E-state index in [9.17, 15) is 4.79 Å². The lowest BCUT2D eigenvalue weighted by molar-refractivity contribution is 0.0701. The first-order valence-corrected chi connectivity index (χ1v) is 6.31. The van der Waals surface area contributed by atoms with Gasteiger partial charge in [0.25, 0.3) is 5.91 Å². The molecule has 1 saturated carbocycles. The molecule has 0 unspecified atom stereocenters. The van der Waals surface area contributed by atoms with Gasteiger partial charge < -0.3 is 15.4 Å². The van der Waals surface area contributed by atoms with E-state index < -0.39 is 0 Å². The van der Waals surface area contributed by atoms with Crippen LogP contribution in [0.5, 0.6) is 0 Å². The molecule has 0 aromatic carbocycles. The van der Waals surface area contributed by atoms with Crippen LogP contribution in [0.2, 0.25) is 0 Å². The molecule has 0 aliphatic heterocycles. The van der Waals surface area contributed by atoms with E-state index in [0.717, 1.165) is 18.5 Å². The van der Waals surface area contributed by atoms with Crippen LogP contribution in [0, 0.1) is 0 Å². The van der Waals surface area contributed by atoms with Crippen molar-refractivity contribution >= 4 is 11.6 Å². The van der Waals surface area contributed by atoms with Gasteiger partial charge in [0.05, 0.1) is 18.0 Å². The zero-order valence-electron chi connectivity index (χ0n) is 10.9. The maximum Gasteiger partial charge on any atom is 0.276 e. The summed E-state index contributed by atoms with van der Waals surface area (Å²) in [7, 11) is 1.62. The predicted molar refractivity (Wildman–Crippen MR) is 68.4 cm³/mol. The monoisotopic (exact) mass is 252 g/mol. The Hall–Kier alpha value is -1.56. The number of ether oxygens (including phenoxy) is 1. The molecule has 0 bridgehead atoms. The zero-order valence-corrected chi connectivity index (χ0v) is 10.9. The highest BCUT2D eigenvalue weighted by Crippen LogP contribution is 2.42. The number of carbonyl (C=O) groups excluding carboxylic acids is 1. The van der Waals surface area contributed by atoms with Gasteiger partial charge in [-0.25, -0.2) is 0 Å². The number of rotatable bonds is 6. The molecule has 6 heteroatoms. The highest BCUT2D eigenvalue weighted by Gasteiger charge is 2.31. The van der Waals surface area contributed by atoms with Gasteiger partial charge in [-0.1, -0.05) is 0 Å². The quantitative estimate of drug-likeness (QED) is 0.790. The first-order valence-electron chi connectivity index (χ1n) is 6.31. The van der Waals surface area contributed by atoms with Gasteiger partial charge in [0.1, 0.15) is 0 Å². The van der Waals surface area contributed by atoms with E-state index in [1.807, 2.05) is 6.92 Å². The molecule has 1 fully saturated rings. The third-order valence-electron chi connectivity index (χ3n) is 3.26. The molecule has 2 rings (SSSR count). The van der Waals surface area contributed by atoms with Crippen molar-refractivity contribution in [1.82, 2.24) is 15.1 Å². The number of likely N-dealkylation sites (N-methyl/N-ethyl adjacent to an activating group) is 1. The van der Waals surface area contributed by atoms with Crippen LogP contribution in [0.25, 0.3) is 0 Å². The van der Waals surface area contributed by atoms with Crippen LogP contribution in [0.1, 0.15) is 41.9 Å². The summed E-state index contributed by atoms with van der Waals surface area (Å²) in [5.41, 5.74) is 7.77. The molecule has 0 saturated heterocycles. The molecule has 0 radical (unpaired) electrons. The van der Waals surface area contributed by atoms with E-state index in [1.165, 1.54) is 0 Å². The number of nitrogens with zero attached hydrogens (tertiary/aromatic N) is 2. The molecule has 1 aliphatic carbocycles. The average molecular weight is 252 g/mol. The zero-order chi connectivity index (χ0) is 13.1. The fourth-order valence-corrected chi connectivity index (χ4v) is 1.96. The molecule has 1 heterocycles. The van der Waals surface area contributed by atoms with Gasteiger partial charge in [-0.15, -0.1) is 0 Å². The second-order valence-electron chi connectivity index (χ2n) is 4.55. The van der Waals surface area contributed by atoms with E-state index in [4.69, 9.17) is 10.5 Å². The summed E-state index contributed by atoms with van der Waals surface area (Å²) in [5, 5.41) is 6.97. The number of nitrogen functional groups attached to an aromatic ring is 1. The molecule has 0 atom stereocenters. The minimum atomic E-state index is -0.129. The summed E-state index contributed by atoms with van der Waals surface area (Å²) in [6, 6.07) is 0. The van der Waals surface area contributed by atoms with E-state index in [2.05, 4.69) is 10.2 Å². The molecular weight excluding hydrogens is 232 g/mol. The van der Waals surface area contributed by atoms with Crippen molar-refractivity contribution in [2.75, 3.05) is 32.5 Å². The van der Waals surface area contributed by atoms with E-state index in [-0.39, 0.29) is 5.91 Å². The Labute approximate surface area is 106 Å². The van der Waals surface area contributed by atoms with Crippen molar-refractivity contribution in [3.8, 4) is 0 Å². The maximum absolute atomic E-state index is 12.3. The van der Waals surface area contributed by atoms with Crippen molar-refractivity contribution < 1.29 is 9.53 Å². The van der Waals surface area contributed by atoms with Crippen molar-refractivity contribution in [2.45, 2.75) is 25.7 Å². The summed E-state index contributed by atoms with van der Waals surface area (Å²) in [6.45, 7) is 3.61. The summed E-state index contributed by atoms with van der Waals surface area (Å²) in [6.07, 6.45) is 2.25. The fourth-order valence-electron chi connectivity index (χ4n) is 1.96. The molecule has 1 aromatic heterocycles. The second kappa shape index (κ2) is 5.39. The minimum Gasteiger partial charge on any atom is -0.395 e. The third kappa shape index (κ3) is 2.48. The first-order chi connectivity index (χ1) is 8.69. The summed E-state index contributed by atoms with van der Waals surface area (Å²) in [4.78, 5) is 14.0. The molecule has 3 N–H and O–H groups in total. The highest BCUT2D eigenvalue weighted by atomic mass is 16.5. The number of nitrogens with one attached hydrogen (secondary N) is 1. The van der Waals surface area contributed by atoms with Gasteiger partial charge in [0.15, 0.2) is 5.69 Å². The van der Waals surface area contributed by atoms with Crippen LogP contribution in [0.15, 0.2) is 0 Å². The lowest BCUT2D eigenvalue weighted by Gasteiger charge is -2.19. The molecule has 100 valence electrons.